The summed E-state index contributed by atoms with van der Waals surface area (Å²) in [7, 11) is 0. The molecule has 4 rings (SSSR count). The first-order valence-electron chi connectivity index (χ1n) is 9.22. The lowest BCUT2D eigenvalue weighted by Gasteiger charge is -2.26. The Morgan fingerprint density at radius 2 is 2.17 bits per heavy atom. The third-order valence-electron chi connectivity index (χ3n) is 5.65. The van der Waals surface area contributed by atoms with Crippen molar-refractivity contribution in [1.82, 2.24) is 9.88 Å². The van der Waals surface area contributed by atoms with E-state index in [1.807, 2.05) is 6.20 Å². The Morgan fingerprint density at radius 1 is 1.22 bits per heavy atom. The quantitative estimate of drug-likeness (QED) is 0.858. The van der Waals surface area contributed by atoms with E-state index in [4.69, 9.17) is 9.47 Å². The first kappa shape index (κ1) is 15.6. The summed E-state index contributed by atoms with van der Waals surface area (Å²) in [5.41, 5.74) is 3.89. The first-order chi connectivity index (χ1) is 11.3. The molecule has 23 heavy (non-hydrogen) atoms. The van der Waals surface area contributed by atoms with Crippen molar-refractivity contribution in [3.8, 4) is 0 Å². The molecule has 0 bridgehead atoms. The van der Waals surface area contributed by atoms with Crippen LogP contribution >= 0.6 is 0 Å². The third-order valence-corrected chi connectivity index (χ3v) is 5.65. The van der Waals surface area contributed by atoms with Crippen molar-refractivity contribution in [2.75, 3.05) is 26.3 Å². The topological polar surface area (TPSA) is 34.6 Å². The van der Waals surface area contributed by atoms with Crippen LogP contribution in [0.1, 0.15) is 55.0 Å². The molecule has 2 saturated heterocycles. The normalized spacial score (nSPS) is 32.0. The van der Waals surface area contributed by atoms with E-state index in [1.165, 1.54) is 43.4 Å². The van der Waals surface area contributed by atoms with Gasteiger partial charge in [0.1, 0.15) is 0 Å². The van der Waals surface area contributed by atoms with Gasteiger partial charge in [0.05, 0.1) is 12.2 Å². The molecule has 0 amide bonds. The smallest absolute Gasteiger partial charge is 0.0850 e. The minimum absolute atomic E-state index is 0.264. The van der Waals surface area contributed by atoms with Gasteiger partial charge in [0.25, 0.3) is 0 Å². The number of nitrogens with zero attached hydrogens (tertiary/aromatic N) is 2. The molecule has 4 nitrogen and oxygen atoms in total. The van der Waals surface area contributed by atoms with Gasteiger partial charge in [0, 0.05) is 49.8 Å². The summed E-state index contributed by atoms with van der Waals surface area (Å²) >= 11 is 0. The van der Waals surface area contributed by atoms with Gasteiger partial charge in [-0.05, 0) is 57.1 Å². The van der Waals surface area contributed by atoms with Gasteiger partial charge in [-0.3, -0.25) is 9.88 Å². The van der Waals surface area contributed by atoms with E-state index in [0.29, 0.717) is 12.1 Å². The molecule has 3 atom stereocenters. The van der Waals surface area contributed by atoms with Gasteiger partial charge in [0.2, 0.25) is 0 Å². The Balaban J connectivity index is 1.35. The van der Waals surface area contributed by atoms with Gasteiger partial charge in [-0.1, -0.05) is 0 Å². The lowest BCUT2D eigenvalue weighted by atomic mass is 10.1. The predicted molar refractivity (Wildman–Crippen MR) is 89.6 cm³/mol. The highest BCUT2D eigenvalue weighted by Crippen LogP contribution is 2.36. The number of rotatable bonds is 3. The Labute approximate surface area is 139 Å². The van der Waals surface area contributed by atoms with Gasteiger partial charge in [-0.25, -0.2) is 0 Å². The lowest BCUT2D eigenvalue weighted by Crippen LogP contribution is -2.34. The molecule has 1 aliphatic carbocycles. The Morgan fingerprint density at radius 3 is 3.13 bits per heavy atom. The van der Waals surface area contributed by atoms with Crippen LogP contribution in [0.2, 0.25) is 0 Å². The lowest BCUT2D eigenvalue weighted by molar-refractivity contribution is -0.00914. The molecule has 0 saturated carbocycles. The predicted octanol–water partition coefficient (Wildman–Crippen LogP) is 3.04. The molecule has 2 aliphatic heterocycles. The second-order valence-corrected chi connectivity index (χ2v) is 7.29. The highest BCUT2D eigenvalue weighted by Gasteiger charge is 2.33. The van der Waals surface area contributed by atoms with Crippen LogP contribution in [0.15, 0.2) is 12.3 Å². The molecule has 3 heterocycles. The average Bonchev–Trinajstić information content (AvgIpc) is 3.07. The highest BCUT2D eigenvalue weighted by molar-refractivity contribution is 5.32. The Bertz CT molecular complexity index is 540. The molecule has 0 aromatic carbocycles. The zero-order valence-corrected chi connectivity index (χ0v) is 14.2. The van der Waals surface area contributed by atoms with Gasteiger partial charge in [0.15, 0.2) is 0 Å². The monoisotopic (exact) mass is 316 g/mol. The van der Waals surface area contributed by atoms with Crippen LogP contribution in [-0.2, 0) is 15.9 Å². The van der Waals surface area contributed by atoms with Crippen molar-refractivity contribution < 1.29 is 9.47 Å². The fourth-order valence-corrected chi connectivity index (χ4v) is 4.40. The average molecular weight is 316 g/mol. The van der Waals surface area contributed by atoms with Crippen LogP contribution in [-0.4, -0.2) is 48.3 Å². The second kappa shape index (κ2) is 6.88. The molecular weight excluding hydrogens is 288 g/mol. The maximum absolute atomic E-state index is 6.48. The number of pyridine rings is 1. The molecule has 0 radical (unpaired) electrons. The second-order valence-electron chi connectivity index (χ2n) is 7.29. The number of hydrogen-bond acceptors (Lipinski definition) is 4. The fraction of sp³-hybridized carbons (Fsp3) is 0.737. The third kappa shape index (κ3) is 3.44. The maximum atomic E-state index is 6.48. The van der Waals surface area contributed by atoms with E-state index >= 15 is 0 Å². The highest BCUT2D eigenvalue weighted by atomic mass is 16.5. The van der Waals surface area contributed by atoms with Crippen molar-refractivity contribution in [2.45, 2.75) is 63.7 Å². The molecule has 4 heteroatoms. The minimum atomic E-state index is 0.264. The molecule has 1 aromatic rings. The van der Waals surface area contributed by atoms with Crippen LogP contribution < -0.4 is 0 Å². The summed E-state index contributed by atoms with van der Waals surface area (Å²) in [6.07, 6.45) is 9.78. The van der Waals surface area contributed by atoms with Crippen molar-refractivity contribution in [1.29, 1.82) is 0 Å². The van der Waals surface area contributed by atoms with Crippen molar-refractivity contribution in [3.63, 3.8) is 0 Å². The molecule has 2 unspecified atom stereocenters. The van der Waals surface area contributed by atoms with E-state index in [2.05, 4.69) is 22.9 Å². The Kier molecular flexibility index (Phi) is 4.65. The van der Waals surface area contributed by atoms with E-state index in [9.17, 15) is 0 Å². The number of ether oxygens (including phenoxy) is 2. The van der Waals surface area contributed by atoms with Crippen LogP contribution in [0.4, 0.5) is 0 Å². The summed E-state index contributed by atoms with van der Waals surface area (Å²) in [5.74, 6) is 0. The van der Waals surface area contributed by atoms with Gasteiger partial charge >= 0.3 is 0 Å². The van der Waals surface area contributed by atoms with Crippen LogP contribution in [0.25, 0.3) is 0 Å². The van der Waals surface area contributed by atoms with Crippen LogP contribution in [0, 0.1) is 6.92 Å². The number of likely N-dealkylation sites (tertiary alicyclic amines) is 1. The number of hydrogen-bond donors (Lipinski definition) is 0. The standard InChI is InChI=1S/C19H28N2O2/c1-14-11-15-4-5-19(18(15)12-20-14)23-17-6-8-21(13-17)16-3-2-9-22-10-7-16/h11-12,16-17,19H,2-10,13H2,1H3/t16?,17-,19?/m1/s1. The Hall–Kier alpha value is -0.970. The summed E-state index contributed by atoms with van der Waals surface area (Å²) < 4.78 is 12.1. The summed E-state index contributed by atoms with van der Waals surface area (Å²) in [4.78, 5) is 7.11. The zero-order chi connectivity index (χ0) is 15.6. The van der Waals surface area contributed by atoms with E-state index in [0.717, 1.165) is 38.3 Å². The van der Waals surface area contributed by atoms with Crippen LogP contribution in [0.3, 0.4) is 0 Å². The SMILES string of the molecule is Cc1cc2c(cn1)C(O[C@@H]1CCN(C3CCCOCC3)C1)CC2. The molecule has 0 spiro atoms. The summed E-state index contributed by atoms with van der Waals surface area (Å²) in [5, 5.41) is 0. The fourth-order valence-electron chi connectivity index (χ4n) is 4.40. The molecule has 3 aliphatic rings. The number of aryl methyl sites for hydroxylation is 2. The number of fused-ring (bicyclic) bond motifs is 1. The van der Waals surface area contributed by atoms with Crippen molar-refractivity contribution in [3.05, 3.63) is 29.1 Å². The molecule has 0 N–H and O–H groups in total. The van der Waals surface area contributed by atoms with Gasteiger partial charge < -0.3 is 9.47 Å². The van der Waals surface area contributed by atoms with Crippen LogP contribution in [0.5, 0.6) is 0 Å². The maximum Gasteiger partial charge on any atom is 0.0850 e. The van der Waals surface area contributed by atoms with Gasteiger partial charge in [-0.15, -0.1) is 0 Å². The number of aromatic nitrogens is 1. The summed E-state index contributed by atoms with van der Waals surface area (Å²) in [6, 6.07) is 2.93. The largest absolute Gasteiger partial charge is 0.381 e. The molecule has 2 fully saturated rings. The molecule has 1 aromatic heterocycles. The molecule has 126 valence electrons. The zero-order valence-electron chi connectivity index (χ0n) is 14.2. The van der Waals surface area contributed by atoms with Crippen molar-refractivity contribution >= 4 is 0 Å². The van der Waals surface area contributed by atoms with Gasteiger partial charge in [-0.2, -0.15) is 0 Å². The first-order valence-corrected chi connectivity index (χ1v) is 9.22. The minimum Gasteiger partial charge on any atom is -0.381 e. The van der Waals surface area contributed by atoms with E-state index < -0.39 is 0 Å². The van der Waals surface area contributed by atoms with E-state index in [-0.39, 0.29) is 6.10 Å². The van der Waals surface area contributed by atoms with E-state index in [1.54, 1.807) is 0 Å². The molecular formula is C19H28N2O2. The summed E-state index contributed by atoms with van der Waals surface area (Å²) in [6.45, 7) is 6.21. The van der Waals surface area contributed by atoms with Crippen molar-refractivity contribution in [2.24, 2.45) is 0 Å².